The number of aliphatic hydroxyl groups excluding tert-OH is 1. The van der Waals surface area contributed by atoms with Crippen LogP contribution >= 0.6 is 23.2 Å². The van der Waals surface area contributed by atoms with Crippen molar-refractivity contribution in [2.24, 2.45) is 0 Å². The molecule has 1 aromatic carbocycles. The van der Waals surface area contributed by atoms with Crippen molar-refractivity contribution in [1.29, 1.82) is 0 Å². The van der Waals surface area contributed by atoms with Crippen LogP contribution < -0.4 is 5.32 Å². The third kappa shape index (κ3) is 2.21. The standard InChI is InChI=1S/C11H7Cl2NO2/c12-7-2-1-6(8(13)4-7)3-9-10(15)5-11(16)14-9/h1-5,15H,(H,14,16). The highest BCUT2D eigenvalue weighted by molar-refractivity contribution is 6.35. The first-order valence-electron chi connectivity index (χ1n) is 4.45. The summed E-state index contributed by atoms with van der Waals surface area (Å²) in [5, 5.41) is 12.9. The van der Waals surface area contributed by atoms with Gasteiger partial charge in [-0.25, -0.2) is 0 Å². The van der Waals surface area contributed by atoms with Gasteiger partial charge in [-0.1, -0.05) is 29.3 Å². The number of aliphatic hydroxyl groups is 1. The molecule has 1 aromatic rings. The molecular formula is C11H7Cl2NO2. The van der Waals surface area contributed by atoms with Crippen LogP contribution in [0.5, 0.6) is 0 Å². The second-order valence-corrected chi connectivity index (χ2v) is 4.09. The van der Waals surface area contributed by atoms with Crippen molar-refractivity contribution in [3.05, 3.63) is 51.3 Å². The molecule has 5 heteroatoms. The molecule has 2 rings (SSSR count). The van der Waals surface area contributed by atoms with Gasteiger partial charge in [0, 0.05) is 16.1 Å². The third-order valence-electron chi connectivity index (χ3n) is 2.06. The summed E-state index contributed by atoms with van der Waals surface area (Å²) < 4.78 is 0. The number of carbonyl (C=O) groups is 1. The van der Waals surface area contributed by atoms with Gasteiger partial charge >= 0.3 is 0 Å². The maximum absolute atomic E-state index is 11.0. The fourth-order valence-electron chi connectivity index (χ4n) is 1.32. The lowest BCUT2D eigenvalue weighted by Gasteiger charge is -2.02. The first-order valence-corrected chi connectivity index (χ1v) is 5.20. The van der Waals surface area contributed by atoms with Crippen LogP contribution in [0.2, 0.25) is 10.0 Å². The minimum absolute atomic E-state index is 0.101. The van der Waals surface area contributed by atoms with Crippen LogP contribution in [0, 0.1) is 0 Å². The first kappa shape index (κ1) is 11.0. The number of carbonyl (C=O) groups excluding carboxylic acids is 1. The van der Waals surface area contributed by atoms with E-state index in [0.29, 0.717) is 21.3 Å². The zero-order valence-electron chi connectivity index (χ0n) is 8.00. The van der Waals surface area contributed by atoms with Crippen LogP contribution in [0.3, 0.4) is 0 Å². The van der Waals surface area contributed by atoms with E-state index in [1.807, 2.05) is 0 Å². The van der Waals surface area contributed by atoms with E-state index in [2.05, 4.69) is 5.32 Å². The Bertz CT molecular complexity index is 521. The number of hydrogen-bond acceptors (Lipinski definition) is 2. The van der Waals surface area contributed by atoms with Crippen molar-refractivity contribution >= 4 is 35.2 Å². The van der Waals surface area contributed by atoms with Crippen LogP contribution in [0.15, 0.2) is 35.7 Å². The lowest BCUT2D eigenvalue weighted by atomic mass is 10.2. The predicted molar refractivity (Wildman–Crippen MR) is 63.3 cm³/mol. The molecule has 0 saturated heterocycles. The van der Waals surface area contributed by atoms with Crippen molar-refractivity contribution in [2.45, 2.75) is 0 Å². The van der Waals surface area contributed by atoms with E-state index < -0.39 is 0 Å². The van der Waals surface area contributed by atoms with Crippen molar-refractivity contribution < 1.29 is 9.90 Å². The maximum Gasteiger partial charge on any atom is 0.252 e. The van der Waals surface area contributed by atoms with Crippen molar-refractivity contribution in [3.8, 4) is 0 Å². The predicted octanol–water partition coefficient (Wildman–Crippen LogP) is 2.91. The van der Waals surface area contributed by atoms with Gasteiger partial charge in [0.25, 0.3) is 5.91 Å². The molecule has 0 aliphatic carbocycles. The first-order chi connectivity index (χ1) is 7.56. The minimum Gasteiger partial charge on any atom is -0.506 e. The molecule has 0 saturated carbocycles. The van der Waals surface area contributed by atoms with Crippen LogP contribution in [-0.2, 0) is 4.79 Å². The van der Waals surface area contributed by atoms with Gasteiger partial charge in [0.15, 0.2) is 0 Å². The molecule has 2 N–H and O–H groups in total. The molecule has 1 amide bonds. The van der Waals surface area contributed by atoms with E-state index in [-0.39, 0.29) is 11.7 Å². The highest BCUT2D eigenvalue weighted by atomic mass is 35.5. The van der Waals surface area contributed by atoms with Crippen LogP contribution in [0.1, 0.15) is 5.56 Å². The summed E-state index contributed by atoms with van der Waals surface area (Å²) in [4.78, 5) is 11.0. The van der Waals surface area contributed by atoms with E-state index in [1.54, 1.807) is 24.3 Å². The molecule has 16 heavy (non-hydrogen) atoms. The Hall–Kier alpha value is -1.45. The quantitative estimate of drug-likeness (QED) is 0.811. The number of rotatable bonds is 1. The van der Waals surface area contributed by atoms with Gasteiger partial charge < -0.3 is 10.4 Å². The summed E-state index contributed by atoms with van der Waals surface area (Å²) in [5.74, 6) is -0.454. The van der Waals surface area contributed by atoms with Crippen LogP contribution in [-0.4, -0.2) is 11.0 Å². The fourth-order valence-corrected chi connectivity index (χ4v) is 1.78. The van der Waals surface area contributed by atoms with E-state index in [0.717, 1.165) is 6.08 Å². The molecular weight excluding hydrogens is 249 g/mol. The van der Waals surface area contributed by atoms with Crippen LogP contribution in [0.4, 0.5) is 0 Å². The Morgan fingerprint density at radius 3 is 2.62 bits per heavy atom. The summed E-state index contributed by atoms with van der Waals surface area (Å²) in [6.45, 7) is 0. The van der Waals surface area contributed by atoms with Crippen molar-refractivity contribution in [3.63, 3.8) is 0 Å². The Morgan fingerprint density at radius 2 is 2.06 bits per heavy atom. The zero-order chi connectivity index (χ0) is 11.7. The molecule has 0 spiro atoms. The van der Waals surface area contributed by atoms with E-state index in [9.17, 15) is 9.90 Å². The Labute approximate surface area is 102 Å². The lowest BCUT2D eigenvalue weighted by Crippen LogP contribution is -2.13. The highest BCUT2D eigenvalue weighted by Gasteiger charge is 2.16. The fraction of sp³-hybridized carbons (Fsp3) is 0. The number of hydrogen-bond donors (Lipinski definition) is 2. The summed E-state index contributed by atoms with van der Waals surface area (Å²) in [6.07, 6.45) is 2.69. The average molecular weight is 256 g/mol. The Morgan fingerprint density at radius 1 is 1.31 bits per heavy atom. The van der Waals surface area contributed by atoms with Crippen molar-refractivity contribution in [1.82, 2.24) is 5.32 Å². The highest BCUT2D eigenvalue weighted by Crippen LogP contribution is 2.24. The molecule has 3 nitrogen and oxygen atoms in total. The molecule has 0 radical (unpaired) electrons. The third-order valence-corrected chi connectivity index (χ3v) is 2.63. The molecule has 1 aliphatic rings. The summed E-state index contributed by atoms with van der Waals surface area (Å²) in [6, 6.07) is 4.97. The summed E-state index contributed by atoms with van der Waals surface area (Å²) >= 11 is 11.7. The molecule has 82 valence electrons. The maximum atomic E-state index is 11.0. The number of nitrogens with one attached hydrogen (secondary N) is 1. The van der Waals surface area contributed by atoms with E-state index in [1.165, 1.54) is 0 Å². The topological polar surface area (TPSA) is 49.3 Å². The van der Waals surface area contributed by atoms with Gasteiger partial charge in [0.1, 0.15) is 5.76 Å². The molecule has 1 aliphatic heterocycles. The number of amides is 1. The molecule has 0 bridgehead atoms. The molecule has 0 aromatic heterocycles. The van der Waals surface area contributed by atoms with Gasteiger partial charge in [-0.3, -0.25) is 4.79 Å². The lowest BCUT2D eigenvalue weighted by molar-refractivity contribution is -0.115. The number of benzene rings is 1. The van der Waals surface area contributed by atoms with Gasteiger partial charge in [0.05, 0.1) is 5.70 Å². The smallest absolute Gasteiger partial charge is 0.252 e. The second kappa shape index (κ2) is 4.20. The second-order valence-electron chi connectivity index (χ2n) is 3.24. The van der Waals surface area contributed by atoms with Gasteiger partial charge in [-0.15, -0.1) is 0 Å². The SMILES string of the molecule is O=C1C=C(O)C(=Cc2ccc(Cl)cc2Cl)N1. The monoisotopic (exact) mass is 255 g/mol. The Balaban J connectivity index is 2.37. The molecule has 0 fully saturated rings. The molecule has 0 unspecified atom stereocenters. The van der Waals surface area contributed by atoms with Gasteiger partial charge in [-0.05, 0) is 23.8 Å². The largest absolute Gasteiger partial charge is 0.506 e. The summed E-state index contributed by atoms with van der Waals surface area (Å²) in [5.41, 5.74) is 0.998. The van der Waals surface area contributed by atoms with E-state index >= 15 is 0 Å². The van der Waals surface area contributed by atoms with E-state index in [4.69, 9.17) is 23.2 Å². The average Bonchev–Trinajstić information content (AvgIpc) is 2.50. The zero-order valence-corrected chi connectivity index (χ0v) is 9.51. The van der Waals surface area contributed by atoms with Gasteiger partial charge in [0.2, 0.25) is 0 Å². The normalized spacial score (nSPS) is 17.5. The van der Waals surface area contributed by atoms with Crippen LogP contribution in [0.25, 0.3) is 6.08 Å². The molecule has 1 heterocycles. The van der Waals surface area contributed by atoms with Gasteiger partial charge in [-0.2, -0.15) is 0 Å². The van der Waals surface area contributed by atoms with Crippen molar-refractivity contribution in [2.75, 3.05) is 0 Å². The molecule has 0 atom stereocenters. The minimum atomic E-state index is -0.353. The summed E-state index contributed by atoms with van der Waals surface area (Å²) in [7, 11) is 0. The Kier molecular flexibility index (Phi) is 2.90. The number of halogens is 2.